The number of halogens is 1. The van der Waals surface area contributed by atoms with Gasteiger partial charge in [-0.05, 0) is 18.2 Å². The molecule has 4 heteroatoms. The molecule has 0 atom stereocenters. The lowest BCUT2D eigenvalue weighted by molar-refractivity contribution is 0.276. The molecule has 0 saturated heterocycles. The Morgan fingerprint density at radius 2 is 1.88 bits per heavy atom. The number of aliphatic hydroxyl groups excluding tert-OH is 1. The highest BCUT2D eigenvalue weighted by Gasteiger charge is 2.06. The number of hydrogen-bond acceptors (Lipinski definition) is 3. The maximum Gasteiger partial charge on any atom is 0.151 e. The second kappa shape index (κ2) is 5.08. The summed E-state index contributed by atoms with van der Waals surface area (Å²) in [5, 5.41) is 9.73. The van der Waals surface area contributed by atoms with Crippen molar-refractivity contribution in [2.75, 3.05) is 5.73 Å². The van der Waals surface area contributed by atoms with Crippen LogP contribution in [0.2, 0.25) is 5.02 Å². The summed E-state index contributed by atoms with van der Waals surface area (Å²) >= 11 is 5.87. The van der Waals surface area contributed by atoms with Crippen LogP contribution in [0.3, 0.4) is 0 Å². The van der Waals surface area contributed by atoms with Crippen molar-refractivity contribution in [1.29, 1.82) is 0 Å². The van der Waals surface area contributed by atoms with Gasteiger partial charge in [0.05, 0.1) is 12.3 Å². The zero-order chi connectivity index (χ0) is 12.3. The van der Waals surface area contributed by atoms with E-state index in [4.69, 9.17) is 22.1 Å². The summed E-state index contributed by atoms with van der Waals surface area (Å²) < 4.78 is 5.64. The molecule has 0 aliphatic heterocycles. The Kier molecular flexibility index (Phi) is 3.52. The molecule has 2 rings (SSSR count). The molecular formula is C13H12ClNO2. The minimum absolute atomic E-state index is 0.0867. The van der Waals surface area contributed by atoms with Crippen molar-refractivity contribution < 1.29 is 9.84 Å². The molecule has 0 spiro atoms. The SMILES string of the molecule is Nc1ccc(Cl)cc1Oc1ccccc1CO. The molecule has 0 fully saturated rings. The summed E-state index contributed by atoms with van der Waals surface area (Å²) in [4.78, 5) is 0. The van der Waals surface area contributed by atoms with E-state index in [-0.39, 0.29) is 6.61 Å². The van der Waals surface area contributed by atoms with Gasteiger partial charge in [0.2, 0.25) is 0 Å². The Balaban J connectivity index is 2.34. The molecule has 0 aromatic heterocycles. The molecule has 3 N–H and O–H groups in total. The number of aliphatic hydroxyl groups is 1. The van der Waals surface area contributed by atoms with Gasteiger partial charge in [-0.1, -0.05) is 29.8 Å². The van der Waals surface area contributed by atoms with Crippen molar-refractivity contribution >= 4 is 17.3 Å². The first-order valence-electron chi connectivity index (χ1n) is 5.12. The van der Waals surface area contributed by atoms with Gasteiger partial charge in [0, 0.05) is 16.7 Å². The van der Waals surface area contributed by atoms with E-state index in [1.54, 1.807) is 30.3 Å². The molecule has 3 nitrogen and oxygen atoms in total. The third-order valence-electron chi connectivity index (χ3n) is 2.34. The number of rotatable bonds is 3. The van der Waals surface area contributed by atoms with Crippen LogP contribution in [0, 0.1) is 0 Å². The van der Waals surface area contributed by atoms with Crippen molar-refractivity contribution in [3.8, 4) is 11.5 Å². The van der Waals surface area contributed by atoms with E-state index in [1.807, 2.05) is 12.1 Å². The lowest BCUT2D eigenvalue weighted by Crippen LogP contribution is -1.95. The van der Waals surface area contributed by atoms with E-state index in [1.165, 1.54) is 0 Å². The van der Waals surface area contributed by atoms with E-state index in [0.29, 0.717) is 27.8 Å². The van der Waals surface area contributed by atoms with Crippen LogP contribution in [0.4, 0.5) is 5.69 Å². The van der Waals surface area contributed by atoms with Crippen LogP contribution in [0.15, 0.2) is 42.5 Å². The lowest BCUT2D eigenvalue weighted by atomic mass is 10.2. The smallest absolute Gasteiger partial charge is 0.151 e. The van der Waals surface area contributed by atoms with Crippen molar-refractivity contribution in [1.82, 2.24) is 0 Å². The number of anilines is 1. The Morgan fingerprint density at radius 1 is 1.12 bits per heavy atom. The number of hydrogen-bond donors (Lipinski definition) is 2. The molecule has 0 bridgehead atoms. The Bertz CT molecular complexity index is 529. The second-order valence-corrected chi connectivity index (χ2v) is 3.99. The normalized spacial score (nSPS) is 10.2. The predicted molar refractivity (Wildman–Crippen MR) is 68.3 cm³/mol. The molecule has 2 aromatic carbocycles. The van der Waals surface area contributed by atoms with Crippen LogP contribution in [-0.2, 0) is 6.61 Å². The van der Waals surface area contributed by atoms with Crippen molar-refractivity contribution in [2.45, 2.75) is 6.61 Å². The number of ether oxygens (including phenoxy) is 1. The van der Waals surface area contributed by atoms with Gasteiger partial charge in [-0.15, -0.1) is 0 Å². The molecular weight excluding hydrogens is 238 g/mol. The van der Waals surface area contributed by atoms with Gasteiger partial charge < -0.3 is 15.6 Å². The fourth-order valence-electron chi connectivity index (χ4n) is 1.45. The monoisotopic (exact) mass is 249 g/mol. The van der Waals surface area contributed by atoms with Crippen LogP contribution in [0.25, 0.3) is 0 Å². The maximum absolute atomic E-state index is 9.18. The van der Waals surface area contributed by atoms with Crippen LogP contribution in [-0.4, -0.2) is 5.11 Å². The van der Waals surface area contributed by atoms with Crippen LogP contribution in [0.5, 0.6) is 11.5 Å². The second-order valence-electron chi connectivity index (χ2n) is 3.55. The summed E-state index contributed by atoms with van der Waals surface area (Å²) in [7, 11) is 0. The summed E-state index contributed by atoms with van der Waals surface area (Å²) in [5.41, 5.74) is 6.99. The molecule has 2 aromatic rings. The molecule has 0 radical (unpaired) electrons. The maximum atomic E-state index is 9.18. The van der Waals surface area contributed by atoms with E-state index in [0.717, 1.165) is 0 Å². The number of nitrogen functional groups attached to an aromatic ring is 1. The Labute approximate surface area is 104 Å². The molecule has 0 unspecified atom stereocenters. The highest BCUT2D eigenvalue weighted by Crippen LogP contribution is 2.31. The van der Waals surface area contributed by atoms with Crippen LogP contribution < -0.4 is 10.5 Å². The summed E-state index contributed by atoms with van der Waals surface area (Å²) in [5.74, 6) is 1.06. The topological polar surface area (TPSA) is 55.5 Å². The first-order chi connectivity index (χ1) is 8.20. The van der Waals surface area contributed by atoms with Gasteiger partial charge >= 0.3 is 0 Å². The fraction of sp³-hybridized carbons (Fsp3) is 0.0769. The Hall–Kier alpha value is -1.71. The first-order valence-corrected chi connectivity index (χ1v) is 5.50. The highest BCUT2D eigenvalue weighted by atomic mass is 35.5. The summed E-state index contributed by atoms with van der Waals surface area (Å²) in [6.45, 7) is -0.0867. The Morgan fingerprint density at radius 3 is 2.65 bits per heavy atom. The van der Waals surface area contributed by atoms with Gasteiger partial charge in [0.15, 0.2) is 5.75 Å². The van der Waals surface area contributed by atoms with Gasteiger partial charge in [-0.2, -0.15) is 0 Å². The largest absolute Gasteiger partial charge is 0.455 e. The molecule has 0 saturated carbocycles. The van der Waals surface area contributed by atoms with Crippen molar-refractivity contribution in [3.05, 3.63) is 53.1 Å². The number of benzene rings is 2. The molecule has 0 heterocycles. The first kappa shape index (κ1) is 11.8. The van der Waals surface area contributed by atoms with E-state index in [2.05, 4.69) is 0 Å². The number of para-hydroxylation sites is 1. The lowest BCUT2D eigenvalue weighted by Gasteiger charge is -2.11. The van der Waals surface area contributed by atoms with E-state index < -0.39 is 0 Å². The van der Waals surface area contributed by atoms with E-state index >= 15 is 0 Å². The van der Waals surface area contributed by atoms with E-state index in [9.17, 15) is 5.11 Å². The zero-order valence-electron chi connectivity index (χ0n) is 9.06. The van der Waals surface area contributed by atoms with Crippen LogP contribution >= 0.6 is 11.6 Å². The molecule has 0 amide bonds. The standard InChI is InChI=1S/C13H12ClNO2/c14-10-5-6-11(15)13(7-10)17-12-4-2-1-3-9(12)8-16/h1-7,16H,8,15H2. The van der Waals surface area contributed by atoms with Gasteiger partial charge in [-0.25, -0.2) is 0 Å². The quantitative estimate of drug-likeness (QED) is 0.822. The molecule has 0 aliphatic carbocycles. The average Bonchev–Trinajstić information content (AvgIpc) is 2.34. The molecule has 0 aliphatic rings. The molecule has 17 heavy (non-hydrogen) atoms. The highest BCUT2D eigenvalue weighted by molar-refractivity contribution is 6.30. The minimum Gasteiger partial charge on any atom is -0.455 e. The van der Waals surface area contributed by atoms with Crippen molar-refractivity contribution in [3.63, 3.8) is 0 Å². The average molecular weight is 250 g/mol. The predicted octanol–water partition coefficient (Wildman–Crippen LogP) is 3.21. The third-order valence-corrected chi connectivity index (χ3v) is 2.57. The fourth-order valence-corrected chi connectivity index (χ4v) is 1.61. The van der Waals surface area contributed by atoms with Gasteiger partial charge in [0.1, 0.15) is 5.75 Å². The van der Waals surface area contributed by atoms with Gasteiger partial charge in [-0.3, -0.25) is 0 Å². The summed E-state index contributed by atoms with van der Waals surface area (Å²) in [6, 6.07) is 12.2. The van der Waals surface area contributed by atoms with Crippen LogP contribution in [0.1, 0.15) is 5.56 Å². The van der Waals surface area contributed by atoms with Crippen molar-refractivity contribution in [2.24, 2.45) is 0 Å². The summed E-state index contributed by atoms with van der Waals surface area (Å²) in [6.07, 6.45) is 0. The van der Waals surface area contributed by atoms with Gasteiger partial charge in [0.25, 0.3) is 0 Å². The third kappa shape index (κ3) is 2.70. The minimum atomic E-state index is -0.0867. The number of nitrogens with two attached hydrogens (primary N) is 1. The molecule has 88 valence electrons. The zero-order valence-corrected chi connectivity index (χ0v) is 9.82.